The molecule has 2 aromatic rings. The largest absolute Gasteiger partial charge is 0.333 e. The number of terminal acetylenes is 1. The third-order valence-corrected chi connectivity index (χ3v) is 7.55. The number of halogens is 1. The van der Waals surface area contributed by atoms with Gasteiger partial charge in [0.25, 0.3) is 5.91 Å². The van der Waals surface area contributed by atoms with Gasteiger partial charge in [-0.2, -0.15) is 0 Å². The van der Waals surface area contributed by atoms with Crippen molar-refractivity contribution in [2.75, 3.05) is 13.1 Å². The van der Waals surface area contributed by atoms with Crippen LogP contribution in [0, 0.1) is 18.3 Å². The van der Waals surface area contributed by atoms with E-state index in [9.17, 15) is 18.0 Å². The molecule has 1 N–H and O–H groups in total. The molecular weight excluding hydrogens is 448 g/mol. The first-order valence-corrected chi connectivity index (χ1v) is 12.3. The van der Waals surface area contributed by atoms with E-state index in [0.717, 1.165) is 5.56 Å². The topological polar surface area (TPSA) is 83.6 Å². The summed E-state index contributed by atoms with van der Waals surface area (Å²) in [5.74, 6) is 1.30. The van der Waals surface area contributed by atoms with Crippen LogP contribution in [0.5, 0.6) is 0 Å². The molecule has 3 rings (SSSR count). The molecule has 8 heteroatoms. The summed E-state index contributed by atoms with van der Waals surface area (Å²) in [7, 11) is -4.12. The molecule has 2 amide bonds. The highest BCUT2D eigenvalue weighted by Crippen LogP contribution is 2.35. The van der Waals surface area contributed by atoms with Crippen molar-refractivity contribution in [2.45, 2.75) is 30.9 Å². The third kappa shape index (κ3) is 6.12. The number of likely N-dealkylation sites (tertiary alicyclic amines) is 1. The van der Waals surface area contributed by atoms with Crippen LogP contribution in [-0.4, -0.2) is 38.2 Å². The number of carbonyl (C=O) groups excluding carboxylic acids is 2. The monoisotopic (exact) mass is 472 g/mol. The van der Waals surface area contributed by atoms with Crippen molar-refractivity contribution in [2.24, 2.45) is 5.92 Å². The van der Waals surface area contributed by atoms with Gasteiger partial charge >= 0.3 is 0 Å². The zero-order valence-corrected chi connectivity index (χ0v) is 19.1. The van der Waals surface area contributed by atoms with Crippen LogP contribution in [0.4, 0.5) is 0 Å². The van der Waals surface area contributed by atoms with E-state index in [1.165, 1.54) is 4.90 Å². The highest BCUT2D eigenvalue weighted by molar-refractivity contribution is 7.90. The maximum atomic E-state index is 13.5. The summed E-state index contributed by atoms with van der Waals surface area (Å²) in [6.45, 7) is 0.177. The van der Waals surface area contributed by atoms with Gasteiger partial charge in [-0.1, -0.05) is 54.1 Å². The van der Waals surface area contributed by atoms with Gasteiger partial charge in [0.2, 0.25) is 15.9 Å². The minimum absolute atomic E-state index is 0.162. The van der Waals surface area contributed by atoms with E-state index in [2.05, 4.69) is 10.6 Å². The van der Waals surface area contributed by atoms with Crippen molar-refractivity contribution in [3.63, 3.8) is 0 Å². The second-order valence-corrected chi connectivity index (χ2v) is 10.0. The number of nitrogens with zero attached hydrogens (tertiary/aromatic N) is 1. The third-order valence-electron chi connectivity index (χ3n) is 5.48. The Morgan fingerprint density at radius 1 is 1.19 bits per heavy atom. The smallest absolute Gasteiger partial charge is 0.253 e. The number of benzene rings is 2. The number of carbonyl (C=O) groups is 2. The Bertz CT molecular complexity index is 1110. The van der Waals surface area contributed by atoms with Crippen molar-refractivity contribution < 1.29 is 18.0 Å². The van der Waals surface area contributed by atoms with Crippen LogP contribution in [0.25, 0.3) is 0 Å². The van der Waals surface area contributed by atoms with Crippen LogP contribution in [0.1, 0.15) is 35.6 Å². The second-order valence-electron chi connectivity index (χ2n) is 7.80. The summed E-state index contributed by atoms with van der Waals surface area (Å²) in [5, 5.41) is -0.447. The molecule has 2 aromatic carbocycles. The Balaban J connectivity index is 1.91. The zero-order valence-electron chi connectivity index (χ0n) is 17.5. The maximum absolute atomic E-state index is 13.5. The van der Waals surface area contributed by atoms with Crippen LogP contribution >= 0.6 is 11.6 Å². The van der Waals surface area contributed by atoms with Gasteiger partial charge < -0.3 is 4.90 Å². The molecule has 2 unspecified atom stereocenters. The maximum Gasteiger partial charge on any atom is 0.253 e. The van der Waals surface area contributed by atoms with Crippen LogP contribution in [0.2, 0.25) is 5.02 Å². The quantitative estimate of drug-likeness (QED) is 0.424. The van der Waals surface area contributed by atoms with Crippen LogP contribution in [-0.2, 0) is 26.0 Å². The first-order valence-electron chi connectivity index (χ1n) is 10.3. The molecule has 1 aliphatic rings. The van der Waals surface area contributed by atoms with Crippen molar-refractivity contribution in [3.8, 4) is 12.3 Å². The molecule has 1 heterocycles. The Morgan fingerprint density at radius 3 is 2.53 bits per heavy atom. The van der Waals surface area contributed by atoms with Crippen LogP contribution in [0.15, 0.2) is 54.6 Å². The fourth-order valence-electron chi connectivity index (χ4n) is 3.90. The van der Waals surface area contributed by atoms with Gasteiger partial charge in [0, 0.05) is 24.4 Å². The molecule has 0 spiro atoms. The fraction of sp³-hybridized carbons (Fsp3) is 0.333. The molecule has 1 saturated heterocycles. The van der Waals surface area contributed by atoms with Gasteiger partial charge in [-0.15, -0.1) is 12.3 Å². The van der Waals surface area contributed by atoms with Crippen LogP contribution in [0.3, 0.4) is 0 Å². The van der Waals surface area contributed by atoms with Gasteiger partial charge in [-0.05, 0) is 42.0 Å². The molecule has 1 fully saturated rings. The van der Waals surface area contributed by atoms with Crippen LogP contribution < -0.4 is 4.72 Å². The number of rotatable bonds is 10. The minimum atomic E-state index is -4.12. The number of sulfonamides is 1. The molecule has 0 aromatic heterocycles. The Morgan fingerprint density at radius 2 is 1.94 bits per heavy atom. The first-order chi connectivity index (χ1) is 15.3. The van der Waals surface area contributed by atoms with Gasteiger partial charge in [0.1, 0.15) is 11.8 Å². The lowest BCUT2D eigenvalue weighted by molar-refractivity contribution is -0.143. The molecule has 0 aliphatic carbocycles. The van der Waals surface area contributed by atoms with E-state index < -0.39 is 27.1 Å². The van der Waals surface area contributed by atoms with E-state index in [-0.39, 0.29) is 12.5 Å². The number of nitrogens with one attached hydrogen (secondary N) is 1. The highest BCUT2D eigenvalue weighted by Gasteiger charge is 2.37. The highest BCUT2D eigenvalue weighted by atomic mass is 35.5. The summed E-state index contributed by atoms with van der Waals surface area (Å²) in [5.41, 5.74) is 1.45. The molecule has 168 valence electrons. The van der Waals surface area contributed by atoms with Crippen molar-refractivity contribution in [3.05, 3.63) is 70.7 Å². The predicted molar refractivity (Wildman–Crippen MR) is 124 cm³/mol. The summed E-state index contributed by atoms with van der Waals surface area (Å²) >= 11 is 6.13. The fourth-order valence-corrected chi connectivity index (χ4v) is 5.88. The van der Waals surface area contributed by atoms with Crippen molar-refractivity contribution in [1.29, 1.82) is 0 Å². The molecule has 32 heavy (non-hydrogen) atoms. The molecular formula is C24H25ClN2O4S. The van der Waals surface area contributed by atoms with E-state index in [1.54, 1.807) is 42.5 Å². The molecule has 2 atom stereocenters. The lowest BCUT2D eigenvalue weighted by Crippen LogP contribution is -2.50. The van der Waals surface area contributed by atoms with E-state index in [0.29, 0.717) is 42.8 Å². The van der Waals surface area contributed by atoms with Crippen molar-refractivity contribution >= 4 is 33.4 Å². The lowest BCUT2D eigenvalue weighted by atomic mass is 9.88. The lowest BCUT2D eigenvalue weighted by Gasteiger charge is -2.31. The number of β-lactam (4-membered cyclic amide) rings is 1. The van der Waals surface area contributed by atoms with Gasteiger partial charge in [-0.25, -0.2) is 8.42 Å². The molecule has 6 nitrogen and oxygen atoms in total. The normalized spacial score (nSPS) is 15.4. The van der Waals surface area contributed by atoms with E-state index >= 15 is 0 Å². The summed E-state index contributed by atoms with van der Waals surface area (Å²) < 4.78 is 29.1. The van der Waals surface area contributed by atoms with Gasteiger partial charge in [0.15, 0.2) is 0 Å². The SMILES string of the molecule is C#CCCC(Cc1cccc(Cl)c1)C(c1ccccc1)S(=O)(=O)NC(=O)CN1CCC1=O. The minimum Gasteiger partial charge on any atom is -0.333 e. The average molecular weight is 473 g/mol. The van der Waals surface area contributed by atoms with E-state index in [1.807, 2.05) is 12.1 Å². The standard InChI is InChI=1S/C24H25ClN2O4S/c1-2-3-9-20(15-18-8-7-12-21(25)16-18)24(19-10-5-4-6-11-19)32(30,31)26-22(28)17-27-14-13-23(27)29/h1,4-8,10-12,16,20,24H,3,9,13-15,17H2,(H,26,28). The summed E-state index contributed by atoms with van der Waals surface area (Å²) in [6.07, 6.45) is 7.11. The first kappa shape index (κ1) is 23.8. The zero-order chi connectivity index (χ0) is 23.1. The summed E-state index contributed by atoms with van der Waals surface area (Å²) in [6, 6.07) is 16.0. The average Bonchev–Trinajstić information content (AvgIpc) is 2.75. The Kier molecular flexibility index (Phi) is 7.94. The Labute approximate surface area is 194 Å². The number of hydrogen-bond acceptors (Lipinski definition) is 4. The molecule has 0 radical (unpaired) electrons. The van der Waals surface area contributed by atoms with Gasteiger partial charge in [-0.3, -0.25) is 14.3 Å². The predicted octanol–water partition coefficient (Wildman–Crippen LogP) is 3.33. The molecule has 0 saturated carbocycles. The Hall–Kier alpha value is -2.82. The second kappa shape index (κ2) is 10.7. The van der Waals surface area contributed by atoms with E-state index in [4.69, 9.17) is 18.0 Å². The van der Waals surface area contributed by atoms with Crippen molar-refractivity contribution in [1.82, 2.24) is 9.62 Å². The number of hydrogen-bond donors (Lipinski definition) is 1. The molecule has 1 aliphatic heterocycles. The number of amides is 2. The molecule has 0 bridgehead atoms. The van der Waals surface area contributed by atoms with Gasteiger partial charge in [0.05, 0.1) is 0 Å². The summed E-state index contributed by atoms with van der Waals surface area (Å²) in [4.78, 5) is 25.3.